The third kappa shape index (κ3) is 42.6. The van der Waals surface area contributed by atoms with Crippen LogP contribution in [0.4, 0.5) is 14.0 Å². The second-order valence-electron chi connectivity index (χ2n) is 19.0. The largest absolute Gasteiger partial charge is 1.00 e. The normalized spacial score (nSPS) is 12.1. The number of hydrogen-bond acceptors (Lipinski definition) is 16. The predicted molar refractivity (Wildman–Crippen MR) is 292 cm³/mol. The predicted octanol–water partition coefficient (Wildman–Crippen LogP) is 2.68. The molecule has 0 aliphatic rings. The van der Waals surface area contributed by atoms with Gasteiger partial charge in [-0.15, -0.1) is 12.4 Å². The smallest absolute Gasteiger partial charge is 1.00 e. The molecule has 26 heteroatoms. The Morgan fingerprint density at radius 3 is 1.38 bits per heavy atom. The number of benzene rings is 2. The molecule has 80 heavy (non-hydrogen) atoms. The number of carboxylic acid groups (broad SMARTS) is 1. The summed E-state index contributed by atoms with van der Waals surface area (Å²) in [5.74, 6) is -3.74. The van der Waals surface area contributed by atoms with E-state index in [0.29, 0.717) is 6.54 Å². The molecule has 21 nitrogen and oxygen atoms in total. The topological polar surface area (TPSA) is 278 Å². The number of ether oxygens (including phenoxy) is 5. The van der Waals surface area contributed by atoms with E-state index in [2.05, 4.69) is 25.5 Å². The molecule has 2 amide bonds. The second kappa shape index (κ2) is 46.2. The molecule has 4 unspecified atom stereocenters. The number of amides is 2. The van der Waals surface area contributed by atoms with E-state index in [1.165, 1.54) is 13.0 Å². The standard InChI is InChI=1S/C26H35N3O6.C13H24ClNO4.C13H12N2O2.CH3F.CH2O3.ClH.2Cs.H/c1-18(2)22(15-28-25(32)35-26(4,5)6)24(31)34-19(3)33-23(30)12-11-20-7-9-21(10-8-20)16-29-14-13-27-17-29;1-8(2)10(11(16)18-9(3)14)7-15-12(17)19-13(4,5)6;16-13(17)6-5-11-1-3-12(4-2-11)9-15-8-7-14-10-15;1-2;2-1-4-3;;;;/h7-14,17-19,22H,15-16H2,1-6H3,(H,28,32);8-10H,7H2,1-6H3,(H,15,17);1-8,10H,9H2,(H,16,17);1H3;1,3H;1H;;;/q;;;;;;2*+1;-1/p-1/b12-11+;;6-5+;;;;;;/i;;;1D;;;;;. The molecular weight excluding hydrogens is 1330 g/mol. The van der Waals surface area contributed by atoms with Crippen molar-refractivity contribution in [3.05, 3.63) is 120 Å². The summed E-state index contributed by atoms with van der Waals surface area (Å²) in [6.07, 6.45) is 14.1. The van der Waals surface area contributed by atoms with Crippen molar-refractivity contribution in [2.24, 2.45) is 23.7 Å². The number of carboxylic acids is 1. The molecule has 3 N–H and O–H groups in total. The van der Waals surface area contributed by atoms with Crippen molar-refractivity contribution < 1.29 is 217 Å². The first-order chi connectivity index (χ1) is 36.5. The first-order valence-corrected chi connectivity index (χ1v) is 24.4. The summed E-state index contributed by atoms with van der Waals surface area (Å²) in [6.45, 7) is 22.5. The molecule has 2 heterocycles. The van der Waals surface area contributed by atoms with Gasteiger partial charge in [0.1, 0.15) is 11.2 Å². The first kappa shape index (κ1) is 81.0. The van der Waals surface area contributed by atoms with Gasteiger partial charge in [-0.05, 0) is 94.7 Å². The molecule has 0 saturated heterocycles. The van der Waals surface area contributed by atoms with Gasteiger partial charge < -0.3 is 60.1 Å². The molecule has 0 saturated carbocycles. The Morgan fingerprint density at radius 2 is 1.07 bits per heavy atom. The fraction of sp³-hybridized carbons (Fsp3) is 0.463. The van der Waals surface area contributed by atoms with Gasteiger partial charge in [-0.3, -0.25) is 18.8 Å². The van der Waals surface area contributed by atoms with Gasteiger partial charge in [-0.25, -0.2) is 29.1 Å². The van der Waals surface area contributed by atoms with Crippen molar-refractivity contribution in [2.75, 3.05) is 20.2 Å². The van der Waals surface area contributed by atoms with Crippen LogP contribution in [0.5, 0.6) is 0 Å². The molecule has 0 bridgehead atoms. The molecular formula is C54H77Cl2Cs2FN6O15. The molecule has 4 aromatic rings. The van der Waals surface area contributed by atoms with Crippen LogP contribution >= 0.6 is 24.0 Å². The number of hydrogen-bond donors (Lipinski definition) is 3. The van der Waals surface area contributed by atoms with Gasteiger partial charge in [0.15, 0.2) is 5.56 Å². The Bertz CT molecular complexity index is 2430. The fourth-order valence-corrected chi connectivity index (χ4v) is 5.99. The quantitative estimate of drug-likeness (QED) is 0.0168. The van der Waals surface area contributed by atoms with Crippen molar-refractivity contribution in [1.29, 1.82) is 0 Å². The Morgan fingerprint density at radius 1 is 0.713 bits per heavy atom. The maximum atomic E-state index is 12.6. The monoisotopic (exact) mass is 1410 g/mol. The molecule has 2 aromatic heterocycles. The van der Waals surface area contributed by atoms with Crippen molar-refractivity contribution in [1.82, 2.24) is 29.7 Å². The Balaban J connectivity index is -0.000000357. The summed E-state index contributed by atoms with van der Waals surface area (Å²) in [5, 5.41) is 22.1. The average molecular weight is 1410 g/mol. The number of carbonyl (C=O) groups excluding carboxylic acids is 6. The minimum atomic E-state index is -1.08. The maximum absolute atomic E-state index is 12.6. The van der Waals surface area contributed by atoms with Crippen LogP contribution in [0.25, 0.3) is 12.2 Å². The number of alkyl carbamates (subject to hydrolysis) is 2. The third-order valence-corrected chi connectivity index (χ3v) is 9.55. The van der Waals surface area contributed by atoms with Crippen LogP contribution < -0.4 is 154 Å². The van der Waals surface area contributed by atoms with Gasteiger partial charge in [0.2, 0.25) is 6.29 Å². The van der Waals surface area contributed by atoms with Crippen LogP contribution in [0, 0.1) is 23.7 Å². The molecule has 4 atom stereocenters. The molecule has 436 valence electrons. The molecule has 2 aromatic carbocycles. The van der Waals surface area contributed by atoms with Crippen molar-refractivity contribution in [2.45, 2.75) is 119 Å². The molecule has 0 aliphatic carbocycles. The van der Waals surface area contributed by atoms with E-state index in [1.54, 1.807) is 85.7 Å². The van der Waals surface area contributed by atoms with E-state index in [9.17, 15) is 33.2 Å². The van der Waals surface area contributed by atoms with Crippen LogP contribution in [0.2, 0.25) is 0 Å². The number of aromatic nitrogens is 4. The minimum absolute atomic E-state index is 0. The second-order valence-corrected chi connectivity index (χ2v) is 19.7. The van der Waals surface area contributed by atoms with Gasteiger partial charge in [-0.2, -0.15) is 0 Å². The molecule has 0 radical (unpaired) electrons. The summed E-state index contributed by atoms with van der Waals surface area (Å²) in [5.41, 5.74) is 2.06. The fourth-order valence-electron chi connectivity index (χ4n) is 5.90. The summed E-state index contributed by atoms with van der Waals surface area (Å²) < 4.78 is 45.1. The SMILES string of the molecule is CC(Cl)OC(=O)C(CNC(=O)OC(C)(C)C)C(C)C.CC(OC(=O)/C=C/c1ccc(Cn2ccnc2)cc1)OC(=O)C(CNC(=O)OC(C)(C)C)C(C)C.Cl.O=C(O)/C=C/c1ccc(Cn2ccnc2)cc1.O=CO[O-].[2H]CF.[Cs+].[Cs+].[H-]. The maximum Gasteiger partial charge on any atom is 1.00 e. The number of esters is 3. The number of carbonyl (C=O) groups is 7. The number of halogens is 3. The summed E-state index contributed by atoms with van der Waals surface area (Å²) in [7, 11) is -1.00. The summed E-state index contributed by atoms with van der Waals surface area (Å²) >= 11 is 5.62. The van der Waals surface area contributed by atoms with Gasteiger partial charge >= 0.3 is 174 Å². The molecule has 4 rings (SSSR count). The summed E-state index contributed by atoms with van der Waals surface area (Å²) in [4.78, 5) is 89.5. The van der Waals surface area contributed by atoms with Gasteiger partial charge in [-0.1, -0.05) is 87.8 Å². The van der Waals surface area contributed by atoms with Crippen LogP contribution in [0.3, 0.4) is 0 Å². The number of nitrogens with one attached hydrogen (secondary N) is 2. The number of imidazole rings is 2. The van der Waals surface area contributed by atoms with Crippen LogP contribution in [-0.4, -0.2) is 110 Å². The van der Waals surface area contributed by atoms with Crippen LogP contribution in [0.15, 0.2) is 98.1 Å². The van der Waals surface area contributed by atoms with E-state index in [-0.39, 0.29) is 183 Å². The molecule has 0 spiro atoms. The number of nitrogens with zero attached hydrogens (tertiary/aromatic N) is 4. The van der Waals surface area contributed by atoms with E-state index in [0.717, 1.165) is 34.9 Å². The zero-order valence-corrected chi connectivity index (χ0v) is 62.2. The molecule has 0 fully saturated rings. The zero-order valence-electron chi connectivity index (χ0n) is 50.1. The van der Waals surface area contributed by atoms with E-state index in [4.69, 9.17) is 51.8 Å². The van der Waals surface area contributed by atoms with E-state index in [1.807, 2.05) is 97.8 Å². The number of alkyl halides is 2. The summed E-state index contributed by atoms with van der Waals surface area (Å²) in [6, 6.07) is 15.5. The third-order valence-electron chi connectivity index (χ3n) is 9.47. The minimum Gasteiger partial charge on any atom is -1.00 e. The van der Waals surface area contributed by atoms with Crippen LogP contribution in [0.1, 0.15) is 108 Å². The van der Waals surface area contributed by atoms with Gasteiger partial charge in [0, 0.05) is 70.0 Å². The van der Waals surface area contributed by atoms with Crippen molar-refractivity contribution in [3.8, 4) is 0 Å². The first-order valence-electron chi connectivity index (χ1n) is 24.7. The number of aliphatic carboxylic acids is 1. The number of rotatable bonds is 20. The Labute approximate surface area is 600 Å². The molecule has 0 aliphatic heterocycles. The van der Waals surface area contributed by atoms with E-state index >= 15 is 0 Å². The van der Waals surface area contributed by atoms with Crippen LogP contribution in [-0.2, 0) is 65.6 Å². The van der Waals surface area contributed by atoms with Crippen molar-refractivity contribution in [3.63, 3.8) is 0 Å². The zero-order chi connectivity index (χ0) is 59.4. The van der Waals surface area contributed by atoms with Gasteiger partial charge in [0.25, 0.3) is 6.47 Å². The van der Waals surface area contributed by atoms with Gasteiger partial charge in [0.05, 0.1) is 33.0 Å². The van der Waals surface area contributed by atoms with Crippen molar-refractivity contribution >= 4 is 78.7 Å². The van der Waals surface area contributed by atoms with E-state index < -0.39 is 78.1 Å². The Hall–Kier alpha value is -3.20. The Kier molecular flexibility index (Phi) is 46.8. The average Bonchev–Trinajstić information content (AvgIpc) is 4.05.